The molecule has 12 rings (SSSR count). The van der Waals surface area contributed by atoms with E-state index in [-0.39, 0.29) is 28.4 Å². The molecule has 10 aromatic carbocycles. The van der Waals surface area contributed by atoms with Crippen molar-refractivity contribution < 1.29 is 0 Å². The van der Waals surface area contributed by atoms with Crippen molar-refractivity contribution in [2.75, 3.05) is 9.80 Å². The summed E-state index contributed by atoms with van der Waals surface area (Å²) in [7, 11) is 0. The number of nitrogens with zero attached hydrogens (tertiary/aromatic N) is 2. The number of hydrogen-bond donors (Lipinski definition) is 0. The summed E-state index contributed by atoms with van der Waals surface area (Å²) in [5, 5.41) is 7.80. The minimum absolute atomic E-state index is 0.0207. The maximum absolute atomic E-state index is 2.66. The van der Waals surface area contributed by atoms with Crippen molar-refractivity contribution in [2.45, 2.75) is 105 Å². The molecule has 2 aliphatic heterocycles. The van der Waals surface area contributed by atoms with Gasteiger partial charge < -0.3 is 9.80 Å². The first-order valence-electron chi connectivity index (χ1n) is 25.8. The first-order chi connectivity index (χ1) is 33.7. The molecule has 0 saturated carbocycles. The predicted octanol–water partition coefficient (Wildman–Crippen LogP) is 17.2. The highest BCUT2D eigenvalue weighted by molar-refractivity contribution is 7.00. The van der Waals surface area contributed by atoms with Crippen LogP contribution >= 0.6 is 0 Å². The lowest BCUT2D eigenvalue weighted by molar-refractivity contribution is 0.590. The maximum atomic E-state index is 2.66. The Morgan fingerprint density at radius 2 is 0.803 bits per heavy atom. The van der Waals surface area contributed by atoms with Gasteiger partial charge in [0.25, 0.3) is 6.71 Å². The van der Waals surface area contributed by atoms with Crippen LogP contribution in [0.25, 0.3) is 54.6 Å². The van der Waals surface area contributed by atoms with Gasteiger partial charge in [0.15, 0.2) is 0 Å². The first-order valence-corrected chi connectivity index (χ1v) is 25.8. The highest BCUT2D eigenvalue weighted by Gasteiger charge is 2.45. The van der Waals surface area contributed by atoms with Gasteiger partial charge in [0, 0.05) is 34.0 Å². The molecule has 350 valence electrons. The Balaban J connectivity index is 1.22. The van der Waals surface area contributed by atoms with Crippen LogP contribution in [0.15, 0.2) is 176 Å². The number of fused-ring (bicyclic) bond motifs is 4. The molecule has 0 radical (unpaired) electrons. The van der Waals surface area contributed by atoms with Crippen molar-refractivity contribution in [3.63, 3.8) is 0 Å². The van der Waals surface area contributed by atoms with Gasteiger partial charge in [-0.25, -0.2) is 0 Å². The quantitative estimate of drug-likeness (QED) is 0.128. The molecule has 0 amide bonds. The second-order valence-corrected chi connectivity index (χ2v) is 24.7. The van der Waals surface area contributed by atoms with E-state index in [1.165, 1.54) is 127 Å². The summed E-state index contributed by atoms with van der Waals surface area (Å²) in [6.45, 7) is 28.0. The third-order valence-corrected chi connectivity index (χ3v) is 15.8. The molecule has 2 heterocycles. The number of anilines is 6. The zero-order valence-corrected chi connectivity index (χ0v) is 43.7. The maximum Gasteiger partial charge on any atom is 0.252 e. The van der Waals surface area contributed by atoms with Crippen LogP contribution in [0.5, 0.6) is 0 Å². The van der Waals surface area contributed by atoms with Crippen LogP contribution in [-0.2, 0) is 21.7 Å². The van der Waals surface area contributed by atoms with Crippen LogP contribution in [0, 0.1) is 0 Å². The van der Waals surface area contributed by atoms with Gasteiger partial charge in [-0.2, -0.15) is 0 Å². The van der Waals surface area contributed by atoms with Crippen LogP contribution < -0.4 is 26.2 Å². The van der Waals surface area contributed by atoms with Crippen molar-refractivity contribution in [1.82, 2.24) is 0 Å². The number of hydrogen-bond acceptors (Lipinski definition) is 2. The van der Waals surface area contributed by atoms with Crippen molar-refractivity contribution in [3.8, 4) is 22.3 Å². The summed E-state index contributed by atoms with van der Waals surface area (Å²) >= 11 is 0. The second-order valence-electron chi connectivity index (χ2n) is 24.7. The van der Waals surface area contributed by atoms with Crippen LogP contribution in [0.2, 0.25) is 0 Å². The van der Waals surface area contributed by atoms with Crippen molar-refractivity contribution in [1.29, 1.82) is 0 Å². The minimum Gasteiger partial charge on any atom is -0.311 e. The third-order valence-electron chi connectivity index (χ3n) is 15.8. The van der Waals surface area contributed by atoms with E-state index in [1.54, 1.807) is 0 Å². The molecule has 71 heavy (non-hydrogen) atoms. The van der Waals surface area contributed by atoms with Crippen molar-refractivity contribution in [2.24, 2.45) is 0 Å². The highest BCUT2D eigenvalue weighted by Crippen LogP contribution is 2.51. The topological polar surface area (TPSA) is 6.48 Å². The zero-order valence-electron chi connectivity index (χ0n) is 43.7. The molecule has 2 aliphatic rings. The molecule has 0 bridgehead atoms. The van der Waals surface area contributed by atoms with Gasteiger partial charge in [0.05, 0.1) is 5.69 Å². The van der Waals surface area contributed by atoms with Crippen molar-refractivity contribution in [3.05, 3.63) is 198 Å². The molecule has 0 atom stereocenters. The molecule has 0 aromatic heterocycles. The molecule has 3 heteroatoms. The molecule has 0 fully saturated rings. The molecule has 0 N–H and O–H groups in total. The van der Waals surface area contributed by atoms with Gasteiger partial charge >= 0.3 is 0 Å². The van der Waals surface area contributed by atoms with Gasteiger partial charge in [-0.15, -0.1) is 0 Å². The van der Waals surface area contributed by atoms with Crippen LogP contribution in [0.4, 0.5) is 34.1 Å². The van der Waals surface area contributed by atoms with E-state index in [9.17, 15) is 0 Å². The zero-order chi connectivity index (χ0) is 49.5. The van der Waals surface area contributed by atoms with E-state index in [1.807, 2.05) is 0 Å². The lowest BCUT2D eigenvalue weighted by Crippen LogP contribution is -2.61. The van der Waals surface area contributed by atoms with E-state index in [2.05, 4.69) is 269 Å². The standard InChI is InChI=1S/C68H65BN2/c1-65(2,3)47-25-30-51(31-26-47)70-58-35-28-49(67(7,8)9)40-55(58)69-56-41-50(68(10,11)12)29-36-59(56)71(61-38-46(37-60(70)64(61)69)42-17-14-13-15-18-42)57-34-27-48(66(4,5)6)39-54(57)52-32-23-45-22-21-43-19-16-20-44-24-33-53(52)63(45)62(43)44/h13-41H,1-12H3. The summed E-state index contributed by atoms with van der Waals surface area (Å²) in [6.07, 6.45) is 0. The van der Waals surface area contributed by atoms with E-state index < -0.39 is 0 Å². The predicted molar refractivity (Wildman–Crippen MR) is 310 cm³/mol. The molecular weight excluding hydrogens is 856 g/mol. The Kier molecular flexibility index (Phi) is 9.97. The summed E-state index contributed by atoms with van der Waals surface area (Å²) < 4.78 is 0. The van der Waals surface area contributed by atoms with Gasteiger partial charge in [0.1, 0.15) is 0 Å². The fourth-order valence-electron chi connectivity index (χ4n) is 11.8. The molecule has 0 spiro atoms. The Morgan fingerprint density at radius 1 is 0.324 bits per heavy atom. The molecule has 0 saturated heterocycles. The minimum atomic E-state index is -0.0759. The second kappa shape index (κ2) is 15.7. The Morgan fingerprint density at radius 3 is 1.38 bits per heavy atom. The van der Waals surface area contributed by atoms with Gasteiger partial charge in [0.2, 0.25) is 0 Å². The van der Waals surface area contributed by atoms with E-state index in [0.29, 0.717) is 0 Å². The fourth-order valence-corrected chi connectivity index (χ4v) is 11.8. The van der Waals surface area contributed by atoms with E-state index in [4.69, 9.17) is 0 Å². The van der Waals surface area contributed by atoms with Gasteiger partial charge in [-0.05, 0) is 158 Å². The first kappa shape index (κ1) is 45.1. The summed E-state index contributed by atoms with van der Waals surface area (Å²) in [4.78, 5) is 5.24. The number of benzene rings is 10. The Hall–Kier alpha value is -7.10. The third kappa shape index (κ3) is 7.29. The summed E-state index contributed by atoms with van der Waals surface area (Å²) in [5.74, 6) is 0. The monoisotopic (exact) mass is 921 g/mol. The normalized spacial score (nSPS) is 13.8. The fraction of sp³-hybridized carbons (Fsp3) is 0.235. The smallest absolute Gasteiger partial charge is 0.252 e. The molecule has 0 unspecified atom stereocenters. The van der Waals surface area contributed by atoms with Crippen LogP contribution in [0.3, 0.4) is 0 Å². The van der Waals surface area contributed by atoms with Gasteiger partial charge in [-0.1, -0.05) is 210 Å². The SMILES string of the molecule is CC(C)(C)c1ccc(N2c3ccc(C(C)(C)C)cc3B3c4cc(C(C)(C)C)ccc4N(c4ccc(C(C)(C)C)cc4-c4ccc5ccc6cccc7ccc4c5c67)c4cc(-c5ccccc5)cc2c43)cc1. The summed E-state index contributed by atoms with van der Waals surface area (Å²) in [5.41, 5.74) is 21.3. The average molecular weight is 921 g/mol. The van der Waals surface area contributed by atoms with Crippen molar-refractivity contribution >= 4 is 89.5 Å². The van der Waals surface area contributed by atoms with Crippen LogP contribution in [0.1, 0.15) is 105 Å². The Bertz CT molecular complexity index is 3720. The van der Waals surface area contributed by atoms with Crippen LogP contribution in [-0.4, -0.2) is 6.71 Å². The average Bonchev–Trinajstić information content (AvgIpc) is 3.34. The van der Waals surface area contributed by atoms with E-state index >= 15 is 0 Å². The Labute approximate surface area is 422 Å². The summed E-state index contributed by atoms with van der Waals surface area (Å²) in [6, 6.07) is 68.3. The largest absolute Gasteiger partial charge is 0.311 e. The molecule has 0 aliphatic carbocycles. The number of rotatable bonds is 4. The molecule has 10 aromatic rings. The molecular formula is C68H65BN2. The lowest BCUT2D eigenvalue weighted by Gasteiger charge is -2.45. The molecule has 2 nitrogen and oxygen atoms in total. The van der Waals surface area contributed by atoms with Gasteiger partial charge in [-0.3, -0.25) is 0 Å². The highest BCUT2D eigenvalue weighted by atomic mass is 15.2. The van der Waals surface area contributed by atoms with E-state index in [0.717, 1.165) is 0 Å². The lowest BCUT2D eigenvalue weighted by atomic mass is 9.33.